The van der Waals surface area contributed by atoms with Crippen molar-refractivity contribution in [2.45, 2.75) is 33.7 Å². The van der Waals surface area contributed by atoms with Gasteiger partial charge < -0.3 is 4.57 Å². The van der Waals surface area contributed by atoms with Crippen molar-refractivity contribution in [3.63, 3.8) is 0 Å². The van der Waals surface area contributed by atoms with Gasteiger partial charge in [0.25, 0.3) is 0 Å². The third kappa shape index (κ3) is 1.06. The number of rotatable bonds is 1. The summed E-state index contributed by atoms with van der Waals surface area (Å²) in [6.07, 6.45) is 2.94. The van der Waals surface area contributed by atoms with Gasteiger partial charge >= 0.3 is 0 Å². The molecule has 0 aliphatic heterocycles. The van der Waals surface area contributed by atoms with Crippen molar-refractivity contribution in [2.75, 3.05) is 0 Å². The Bertz CT molecular complexity index is 223. The molecule has 2 nitrogen and oxygen atoms in total. The van der Waals surface area contributed by atoms with E-state index in [4.69, 9.17) is 0 Å². The van der Waals surface area contributed by atoms with Crippen molar-refractivity contribution >= 4 is 0 Å². The fraction of sp³-hybridized carbons (Fsp3) is 0.625. The molecule has 1 radical (unpaired) electrons. The van der Waals surface area contributed by atoms with Crippen LogP contribution in [0.2, 0.25) is 0 Å². The highest BCUT2D eigenvalue weighted by Crippen LogP contribution is 2.10. The zero-order chi connectivity index (χ0) is 7.72. The Morgan fingerprint density at radius 3 is 2.20 bits per heavy atom. The Morgan fingerprint density at radius 1 is 1.40 bits per heavy atom. The molecule has 0 saturated carbocycles. The van der Waals surface area contributed by atoms with E-state index in [9.17, 15) is 0 Å². The number of hydrogen-bond donors (Lipinski definition) is 0. The van der Waals surface area contributed by atoms with Gasteiger partial charge in [0.1, 0.15) is 0 Å². The molecule has 0 aromatic carbocycles. The molecule has 1 aromatic rings. The summed E-state index contributed by atoms with van der Waals surface area (Å²) in [6.45, 7) is 8.33. The van der Waals surface area contributed by atoms with Gasteiger partial charge in [0.2, 0.25) is 0 Å². The lowest BCUT2D eigenvalue weighted by Gasteiger charge is -2.07. The normalized spacial score (nSPS) is 10.9. The van der Waals surface area contributed by atoms with E-state index in [-0.39, 0.29) is 0 Å². The lowest BCUT2D eigenvalue weighted by Crippen LogP contribution is -2.01. The lowest BCUT2D eigenvalue weighted by molar-refractivity contribution is 0.581. The smallest absolute Gasteiger partial charge is 0.177 e. The molecule has 1 heterocycles. The maximum absolute atomic E-state index is 4.08. The Balaban J connectivity index is 3.05. The molecule has 0 aliphatic carbocycles. The highest BCUT2D eigenvalue weighted by molar-refractivity contribution is 5.08. The zero-order valence-electron chi connectivity index (χ0n) is 6.97. The van der Waals surface area contributed by atoms with Crippen LogP contribution in [-0.2, 0) is 0 Å². The van der Waals surface area contributed by atoms with Crippen LogP contribution < -0.4 is 0 Å². The number of nitrogens with zero attached hydrogens (tertiary/aromatic N) is 2. The van der Waals surface area contributed by atoms with Crippen molar-refractivity contribution < 1.29 is 0 Å². The summed E-state index contributed by atoms with van der Waals surface area (Å²) in [5.74, 6) is 0. The largest absolute Gasteiger partial charge is 0.323 e. The predicted octanol–water partition coefficient (Wildman–Crippen LogP) is 1.88. The first-order chi connectivity index (χ1) is 4.63. The summed E-state index contributed by atoms with van der Waals surface area (Å²) >= 11 is 0. The first-order valence-electron chi connectivity index (χ1n) is 3.56. The van der Waals surface area contributed by atoms with E-state index in [0.717, 1.165) is 5.69 Å². The molecule has 0 spiro atoms. The summed E-state index contributed by atoms with van der Waals surface area (Å²) < 4.78 is 2.05. The molecular formula is C8H13N2. The van der Waals surface area contributed by atoms with Crippen molar-refractivity contribution in [1.29, 1.82) is 0 Å². The SMILES string of the molecule is Cc1n[c]n(C(C)C)c1C. The molecule has 0 fully saturated rings. The minimum absolute atomic E-state index is 0.473. The maximum Gasteiger partial charge on any atom is 0.177 e. The van der Waals surface area contributed by atoms with Gasteiger partial charge in [0.15, 0.2) is 6.33 Å². The van der Waals surface area contributed by atoms with Crippen LogP contribution >= 0.6 is 0 Å². The standard InChI is InChI=1S/C8H13N2/c1-6(2)10-5-9-7(3)8(10)4/h6H,1-4H3. The van der Waals surface area contributed by atoms with E-state index < -0.39 is 0 Å². The lowest BCUT2D eigenvalue weighted by atomic mass is 10.3. The third-order valence-corrected chi connectivity index (χ3v) is 1.73. The molecule has 2 heteroatoms. The monoisotopic (exact) mass is 137 g/mol. The second kappa shape index (κ2) is 2.45. The second-order valence-electron chi connectivity index (χ2n) is 2.85. The van der Waals surface area contributed by atoms with Crippen LogP contribution in [0.3, 0.4) is 0 Å². The van der Waals surface area contributed by atoms with Crippen LogP contribution in [0.4, 0.5) is 0 Å². The molecule has 0 unspecified atom stereocenters. The fourth-order valence-corrected chi connectivity index (χ4v) is 0.962. The topological polar surface area (TPSA) is 17.8 Å². The van der Waals surface area contributed by atoms with E-state index in [2.05, 4.69) is 36.6 Å². The van der Waals surface area contributed by atoms with Crippen molar-refractivity contribution in [3.8, 4) is 0 Å². The first-order valence-corrected chi connectivity index (χ1v) is 3.56. The van der Waals surface area contributed by atoms with Crippen LogP contribution in [0.1, 0.15) is 31.3 Å². The van der Waals surface area contributed by atoms with Crippen molar-refractivity contribution in [2.24, 2.45) is 0 Å². The van der Waals surface area contributed by atoms with E-state index >= 15 is 0 Å². The number of aromatic nitrogens is 2. The fourth-order valence-electron chi connectivity index (χ4n) is 0.962. The molecular weight excluding hydrogens is 124 g/mol. The minimum atomic E-state index is 0.473. The van der Waals surface area contributed by atoms with Crippen LogP contribution in [0, 0.1) is 20.2 Å². The van der Waals surface area contributed by atoms with Crippen LogP contribution in [0.5, 0.6) is 0 Å². The van der Waals surface area contributed by atoms with Crippen LogP contribution in [0.15, 0.2) is 0 Å². The average molecular weight is 137 g/mol. The molecule has 0 saturated heterocycles. The third-order valence-electron chi connectivity index (χ3n) is 1.73. The number of imidazole rings is 1. The van der Waals surface area contributed by atoms with E-state index in [0.29, 0.717) is 6.04 Å². The Kier molecular flexibility index (Phi) is 1.79. The van der Waals surface area contributed by atoms with Gasteiger partial charge in [-0.25, -0.2) is 4.98 Å². The number of hydrogen-bond acceptors (Lipinski definition) is 1. The zero-order valence-corrected chi connectivity index (χ0v) is 6.97. The van der Waals surface area contributed by atoms with Gasteiger partial charge in [0, 0.05) is 11.7 Å². The van der Waals surface area contributed by atoms with Gasteiger partial charge in [-0.3, -0.25) is 0 Å². The van der Waals surface area contributed by atoms with Gasteiger partial charge in [-0.15, -0.1) is 0 Å². The molecule has 55 valence electrons. The highest BCUT2D eigenvalue weighted by atomic mass is 15.1. The summed E-state index contributed by atoms with van der Waals surface area (Å²) in [7, 11) is 0. The molecule has 10 heavy (non-hydrogen) atoms. The first kappa shape index (κ1) is 7.32. The molecule has 0 bridgehead atoms. The average Bonchev–Trinajstić information content (AvgIpc) is 2.14. The molecule has 0 N–H and O–H groups in total. The molecule has 0 atom stereocenters. The summed E-state index contributed by atoms with van der Waals surface area (Å²) in [5, 5.41) is 0. The van der Waals surface area contributed by atoms with E-state index in [1.807, 2.05) is 6.92 Å². The van der Waals surface area contributed by atoms with Crippen LogP contribution in [0.25, 0.3) is 0 Å². The Hall–Kier alpha value is -0.790. The molecule has 0 amide bonds. The Labute approximate surface area is 61.9 Å². The summed E-state index contributed by atoms with van der Waals surface area (Å²) in [4.78, 5) is 4.08. The molecule has 0 aliphatic rings. The van der Waals surface area contributed by atoms with Crippen molar-refractivity contribution in [3.05, 3.63) is 17.7 Å². The summed E-state index contributed by atoms with van der Waals surface area (Å²) in [6, 6.07) is 0.473. The van der Waals surface area contributed by atoms with Gasteiger partial charge in [-0.1, -0.05) is 0 Å². The predicted molar refractivity (Wildman–Crippen MR) is 40.9 cm³/mol. The van der Waals surface area contributed by atoms with Gasteiger partial charge in [-0.2, -0.15) is 0 Å². The minimum Gasteiger partial charge on any atom is -0.323 e. The molecule has 1 aromatic heterocycles. The quantitative estimate of drug-likeness (QED) is 0.578. The van der Waals surface area contributed by atoms with E-state index in [1.165, 1.54) is 5.69 Å². The van der Waals surface area contributed by atoms with E-state index in [1.54, 1.807) is 0 Å². The Morgan fingerprint density at radius 2 is 2.00 bits per heavy atom. The summed E-state index contributed by atoms with van der Waals surface area (Å²) in [5.41, 5.74) is 2.30. The molecule has 1 rings (SSSR count). The maximum atomic E-state index is 4.08. The van der Waals surface area contributed by atoms with Gasteiger partial charge in [0.05, 0.1) is 5.69 Å². The second-order valence-corrected chi connectivity index (χ2v) is 2.85. The van der Waals surface area contributed by atoms with Crippen molar-refractivity contribution in [1.82, 2.24) is 9.55 Å². The number of aryl methyl sites for hydroxylation is 1. The van der Waals surface area contributed by atoms with Gasteiger partial charge in [-0.05, 0) is 27.7 Å². The highest BCUT2D eigenvalue weighted by Gasteiger charge is 2.04. The van der Waals surface area contributed by atoms with Crippen LogP contribution in [-0.4, -0.2) is 9.55 Å².